The number of ether oxygens (including phenoxy) is 2. The molecule has 29 heavy (non-hydrogen) atoms. The van der Waals surface area contributed by atoms with Gasteiger partial charge in [0, 0.05) is 11.1 Å². The molecule has 0 spiro atoms. The summed E-state index contributed by atoms with van der Waals surface area (Å²) in [6, 6.07) is 15.7. The van der Waals surface area contributed by atoms with E-state index in [-0.39, 0.29) is 29.3 Å². The summed E-state index contributed by atoms with van der Waals surface area (Å²) in [5.74, 6) is 0.0452. The highest BCUT2D eigenvalue weighted by atomic mass is 19.1. The molecule has 0 saturated carbocycles. The molecule has 0 radical (unpaired) electrons. The van der Waals surface area contributed by atoms with Crippen LogP contribution in [0.1, 0.15) is 30.9 Å². The first-order valence-corrected chi connectivity index (χ1v) is 9.17. The SMILES string of the molecule is CC(C)Oc1ccccc1[C@H]1C(C#N)=C(N)Oc2n[nH]c(-c3ccc(F)cc3)c21. The minimum absolute atomic E-state index is 0.00139. The predicted octanol–water partition coefficient (Wildman–Crippen LogP) is 4.22. The fourth-order valence-electron chi connectivity index (χ4n) is 3.47. The highest BCUT2D eigenvalue weighted by Crippen LogP contribution is 2.47. The van der Waals surface area contributed by atoms with E-state index in [1.54, 1.807) is 12.1 Å². The van der Waals surface area contributed by atoms with Gasteiger partial charge < -0.3 is 15.2 Å². The van der Waals surface area contributed by atoms with Crippen LogP contribution in [0, 0.1) is 17.1 Å². The Hall–Kier alpha value is -3.79. The van der Waals surface area contributed by atoms with E-state index >= 15 is 0 Å². The monoisotopic (exact) mass is 390 g/mol. The Kier molecular flexibility index (Phi) is 4.69. The number of para-hydroxylation sites is 1. The largest absolute Gasteiger partial charge is 0.491 e. The first kappa shape index (κ1) is 18.6. The first-order valence-electron chi connectivity index (χ1n) is 9.17. The molecule has 6 nitrogen and oxygen atoms in total. The van der Waals surface area contributed by atoms with Gasteiger partial charge in [-0.1, -0.05) is 18.2 Å². The minimum Gasteiger partial charge on any atom is -0.491 e. The Morgan fingerprint density at radius 3 is 2.62 bits per heavy atom. The summed E-state index contributed by atoms with van der Waals surface area (Å²) in [5.41, 5.74) is 9.08. The van der Waals surface area contributed by atoms with Gasteiger partial charge in [0.05, 0.1) is 23.3 Å². The molecule has 0 unspecified atom stereocenters. The maximum absolute atomic E-state index is 13.4. The summed E-state index contributed by atoms with van der Waals surface area (Å²) < 4.78 is 25.0. The van der Waals surface area contributed by atoms with Gasteiger partial charge in [-0.05, 0) is 44.2 Å². The Balaban J connectivity index is 1.94. The number of allylic oxidation sites excluding steroid dienone is 1. The number of nitrogens with zero attached hydrogens (tertiary/aromatic N) is 2. The molecule has 3 aromatic rings. The summed E-state index contributed by atoms with van der Waals surface area (Å²) in [7, 11) is 0. The topological polar surface area (TPSA) is 96.9 Å². The molecule has 1 aliphatic rings. The van der Waals surface area contributed by atoms with E-state index in [9.17, 15) is 9.65 Å². The summed E-state index contributed by atoms with van der Waals surface area (Å²) in [5, 5.41) is 17.0. The van der Waals surface area contributed by atoms with Crippen LogP contribution in [-0.2, 0) is 0 Å². The Labute approximate surface area is 167 Å². The lowest BCUT2D eigenvalue weighted by Gasteiger charge is -2.26. The van der Waals surface area contributed by atoms with E-state index in [1.807, 2.05) is 38.1 Å². The highest BCUT2D eigenvalue weighted by molar-refractivity contribution is 5.71. The number of aromatic amines is 1. The lowest BCUT2D eigenvalue weighted by atomic mass is 9.82. The molecular formula is C22H19FN4O2. The summed E-state index contributed by atoms with van der Waals surface area (Å²) >= 11 is 0. The van der Waals surface area contributed by atoms with Crippen molar-refractivity contribution in [1.82, 2.24) is 10.2 Å². The fourth-order valence-corrected chi connectivity index (χ4v) is 3.47. The standard InChI is InChI=1S/C22H19FN4O2/c1-12(2)28-17-6-4-3-5-15(17)18-16(11-24)21(25)29-22-19(18)20(26-27-22)13-7-9-14(23)10-8-13/h3-10,12,18H,25H2,1-2H3,(H,26,27)/t18-/m0/s1. The number of nitriles is 1. The number of halogens is 1. The van der Waals surface area contributed by atoms with Crippen LogP contribution < -0.4 is 15.2 Å². The van der Waals surface area contributed by atoms with Crippen LogP contribution >= 0.6 is 0 Å². The molecule has 0 aliphatic carbocycles. The van der Waals surface area contributed by atoms with Gasteiger partial charge in [-0.15, -0.1) is 5.10 Å². The zero-order chi connectivity index (χ0) is 20.5. The minimum atomic E-state index is -0.544. The van der Waals surface area contributed by atoms with Crippen molar-refractivity contribution >= 4 is 0 Å². The van der Waals surface area contributed by atoms with Gasteiger partial charge in [0.2, 0.25) is 11.8 Å². The van der Waals surface area contributed by atoms with Crippen LogP contribution in [0.4, 0.5) is 4.39 Å². The highest BCUT2D eigenvalue weighted by Gasteiger charge is 2.37. The number of hydrogen-bond donors (Lipinski definition) is 2. The average molecular weight is 390 g/mol. The molecule has 0 fully saturated rings. The predicted molar refractivity (Wildman–Crippen MR) is 105 cm³/mol. The second-order valence-corrected chi connectivity index (χ2v) is 6.95. The molecule has 146 valence electrons. The molecule has 1 aromatic heterocycles. The number of benzene rings is 2. The van der Waals surface area contributed by atoms with Gasteiger partial charge in [-0.3, -0.25) is 5.10 Å². The van der Waals surface area contributed by atoms with Crippen molar-refractivity contribution < 1.29 is 13.9 Å². The Morgan fingerprint density at radius 1 is 1.21 bits per heavy atom. The second kappa shape index (κ2) is 7.32. The number of nitrogens with one attached hydrogen (secondary N) is 1. The van der Waals surface area contributed by atoms with Gasteiger partial charge in [-0.2, -0.15) is 5.26 Å². The number of aromatic nitrogens is 2. The van der Waals surface area contributed by atoms with Gasteiger partial charge in [0.1, 0.15) is 23.2 Å². The van der Waals surface area contributed by atoms with Gasteiger partial charge in [-0.25, -0.2) is 4.39 Å². The molecule has 1 aliphatic heterocycles. The molecule has 2 heterocycles. The molecule has 0 amide bonds. The molecule has 3 N–H and O–H groups in total. The quantitative estimate of drug-likeness (QED) is 0.695. The van der Waals surface area contributed by atoms with E-state index in [4.69, 9.17) is 15.2 Å². The van der Waals surface area contributed by atoms with E-state index in [0.29, 0.717) is 22.6 Å². The third kappa shape index (κ3) is 3.29. The molecule has 4 rings (SSSR count). The fraction of sp³-hybridized carbons (Fsp3) is 0.182. The van der Waals surface area contributed by atoms with Crippen molar-refractivity contribution in [1.29, 1.82) is 5.26 Å². The lowest BCUT2D eigenvalue weighted by molar-refractivity contribution is 0.239. The van der Waals surface area contributed by atoms with Crippen molar-refractivity contribution in [3.63, 3.8) is 0 Å². The number of H-pyrrole nitrogens is 1. The summed E-state index contributed by atoms with van der Waals surface area (Å²) in [6.07, 6.45) is -0.0526. The smallest absolute Gasteiger partial charge is 0.244 e. The van der Waals surface area contributed by atoms with E-state index < -0.39 is 5.92 Å². The van der Waals surface area contributed by atoms with E-state index in [1.165, 1.54) is 12.1 Å². The number of hydrogen-bond acceptors (Lipinski definition) is 5. The van der Waals surface area contributed by atoms with Crippen LogP contribution in [0.25, 0.3) is 11.3 Å². The average Bonchev–Trinajstić information content (AvgIpc) is 3.11. The normalized spacial score (nSPS) is 15.6. The zero-order valence-corrected chi connectivity index (χ0v) is 15.9. The van der Waals surface area contributed by atoms with Crippen LogP contribution in [-0.4, -0.2) is 16.3 Å². The number of nitrogens with two attached hydrogens (primary N) is 1. The summed E-state index contributed by atoms with van der Waals surface area (Å²) in [6.45, 7) is 3.87. The molecule has 0 bridgehead atoms. The molecular weight excluding hydrogens is 371 g/mol. The van der Waals surface area contributed by atoms with Gasteiger partial charge >= 0.3 is 0 Å². The van der Waals surface area contributed by atoms with Crippen LogP contribution in [0.15, 0.2) is 60.0 Å². The van der Waals surface area contributed by atoms with Crippen molar-refractivity contribution in [3.8, 4) is 29.0 Å². The molecule has 2 aromatic carbocycles. The van der Waals surface area contributed by atoms with Crippen molar-refractivity contribution in [2.75, 3.05) is 0 Å². The van der Waals surface area contributed by atoms with Crippen LogP contribution in [0.3, 0.4) is 0 Å². The van der Waals surface area contributed by atoms with Crippen LogP contribution in [0.2, 0.25) is 0 Å². The maximum atomic E-state index is 13.4. The van der Waals surface area contributed by atoms with Gasteiger partial charge in [0.25, 0.3) is 0 Å². The Morgan fingerprint density at radius 2 is 1.93 bits per heavy atom. The van der Waals surface area contributed by atoms with Gasteiger partial charge in [0.15, 0.2) is 0 Å². The van der Waals surface area contributed by atoms with Crippen molar-refractivity contribution in [2.45, 2.75) is 25.9 Å². The second-order valence-electron chi connectivity index (χ2n) is 6.95. The zero-order valence-electron chi connectivity index (χ0n) is 15.9. The van der Waals surface area contributed by atoms with Crippen molar-refractivity contribution in [3.05, 3.63) is 76.9 Å². The first-order chi connectivity index (χ1) is 14.0. The number of fused-ring (bicyclic) bond motifs is 1. The van der Waals surface area contributed by atoms with Crippen LogP contribution in [0.5, 0.6) is 11.6 Å². The van der Waals surface area contributed by atoms with E-state index in [0.717, 1.165) is 5.56 Å². The number of rotatable bonds is 4. The molecule has 7 heteroatoms. The maximum Gasteiger partial charge on any atom is 0.244 e. The summed E-state index contributed by atoms with van der Waals surface area (Å²) in [4.78, 5) is 0. The van der Waals surface area contributed by atoms with Crippen molar-refractivity contribution in [2.24, 2.45) is 5.73 Å². The van der Waals surface area contributed by atoms with E-state index in [2.05, 4.69) is 16.3 Å². The Bertz CT molecular complexity index is 1130. The third-order valence-corrected chi connectivity index (χ3v) is 4.66. The molecule has 0 saturated heterocycles. The molecule has 1 atom stereocenters. The third-order valence-electron chi connectivity index (χ3n) is 4.66. The lowest BCUT2D eigenvalue weighted by Crippen LogP contribution is -2.21.